The van der Waals surface area contributed by atoms with Gasteiger partial charge in [-0.15, -0.1) is 0 Å². The highest BCUT2D eigenvalue weighted by Gasteiger charge is 2.20. The van der Waals surface area contributed by atoms with Gasteiger partial charge in [-0.1, -0.05) is 24.3 Å². The summed E-state index contributed by atoms with van der Waals surface area (Å²) in [7, 11) is 0. The Labute approximate surface area is 102 Å². The summed E-state index contributed by atoms with van der Waals surface area (Å²) in [4.78, 5) is 13.4. The lowest BCUT2D eigenvalue weighted by Crippen LogP contribution is -2.45. The number of carbonyl (C=O) groups is 1. The molecule has 2 rings (SSSR count). The lowest BCUT2D eigenvalue weighted by atomic mass is 10.0. The molecule has 0 saturated carbocycles. The molecule has 1 aromatic rings. The van der Waals surface area contributed by atoms with Crippen LogP contribution in [0.4, 0.5) is 0 Å². The first-order valence-electron chi connectivity index (χ1n) is 6.13. The monoisotopic (exact) mass is 233 g/mol. The number of nitrogens with zero attached hydrogens (tertiary/aromatic N) is 1. The van der Waals surface area contributed by atoms with Crippen LogP contribution in [0.25, 0.3) is 0 Å². The Hall–Kier alpha value is -1.19. The van der Waals surface area contributed by atoms with Gasteiger partial charge in [-0.25, -0.2) is 0 Å². The molecule has 1 aliphatic rings. The highest BCUT2D eigenvalue weighted by atomic mass is 16.5. The highest BCUT2D eigenvalue weighted by molar-refractivity contribution is 5.58. The Kier molecular flexibility index (Phi) is 4.29. The minimum absolute atomic E-state index is 0.0139. The third-order valence-electron chi connectivity index (χ3n) is 3.36. The predicted molar refractivity (Wildman–Crippen MR) is 67.1 cm³/mol. The number of rotatable bonds is 4. The van der Waals surface area contributed by atoms with Crippen molar-refractivity contribution in [1.29, 1.82) is 0 Å². The molecule has 0 bridgehead atoms. The highest BCUT2D eigenvalue weighted by Crippen LogP contribution is 2.13. The van der Waals surface area contributed by atoms with Crippen LogP contribution < -0.4 is 0 Å². The van der Waals surface area contributed by atoms with Crippen molar-refractivity contribution in [2.45, 2.75) is 19.4 Å². The molecule has 17 heavy (non-hydrogen) atoms. The summed E-state index contributed by atoms with van der Waals surface area (Å²) in [5, 5.41) is 0. The number of aryl methyl sites for hydroxylation is 1. The number of morpholine rings is 1. The zero-order chi connectivity index (χ0) is 12.1. The fraction of sp³-hybridized carbons (Fsp3) is 0.500. The number of hydrogen-bond donors (Lipinski definition) is 0. The molecule has 0 amide bonds. The van der Waals surface area contributed by atoms with E-state index in [1.807, 2.05) is 12.1 Å². The van der Waals surface area contributed by atoms with Crippen LogP contribution in [0.15, 0.2) is 24.3 Å². The molecule has 0 spiro atoms. The molecule has 1 aliphatic heterocycles. The fourth-order valence-corrected chi connectivity index (χ4v) is 2.24. The van der Waals surface area contributed by atoms with Gasteiger partial charge < -0.3 is 9.53 Å². The van der Waals surface area contributed by atoms with Crippen LogP contribution in [0, 0.1) is 6.92 Å². The van der Waals surface area contributed by atoms with Gasteiger partial charge in [-0.05, 0) is 24.5 Å². The maximum atomic E-state index is 11.2. The van der Waals surface area contributed by atoms with E-state index >= 15 is 0 Å². The average molecular weight is 233 g/mol. The average Bonchev–Trinajstić information content (AvgIpc) is 2.39. The van der Waals surface area contributed by atoms with E-state index in [1.54, 1.807) is 0 Å². The summed E-state index contributed by atoms with van der Waals surface area (Å²) >= 11 is 0. The molecular formula is C14H19NO2. The van der Waals surface area contributed by atoms with Crippen molar-refractivity contribution in [3.05, 3.63) is 35.4 Å². The van der Waals surface area contributed by atoms with E-state index in [2.05, 4.69) is 24.0 Å². The van der Waals surface area contributed by atoms with Crippen LogP contribution in [0.5, 0.6) is 0 Å². The van der Waals surface area contributed by atoms with Crippen LogP contribution in [-0.4, -0.2) is 43.5 Å². The van der Waals surface area contributed by atoms with Crippen molar-refractivity contribution >= 4 is 6.29 Å². The van der Waals surface area contributed by atoms with Gasteiger partial charge in [0.2, 0.25) is 0 Å². The maximum Gasteiger partial charge on any atom is 0.137 e. The largest absolute Gasteiger partial charge is 0.379 e. The first-order valence-corrected chi connectivity index (χ1v) is 6.13. The second-order valence-corrected chi connectivity index (χ2v) is 4.48. The van der Waals surface area contributed by atoms with Crippen molar-refractivity contribution < 1.29 is 9.53 Å². The summed E-state index contributed by atoms with van der Waals surface area (Å²) in [5.41, 5.74) is 2.52. The predicted octanol–water partition coefficient (Wildman–Crippen LogP) is 1.44. The molecule has 0 aromatic heterocycles. The molecule has 0 radical (unpaired) electrons. The molecule has 1 saturated heterocycles. The van der Waals surface area contributed by atoms with Gasteiger partial charge in [0.05, 0.1) is 19.3 Å². The van der Waals surface area contributed by atoms with Gasteiger partial charge in [0.15, 0.2) is 0 Å². The van der Waals surface area contributed by atoms with Crippen molar-refractivity contribution in [3.8, 4) is 0 Å². The van der Waals surface area contributed by atoms with Gasteiger partial charge in [0.1, 0.15) is 6.29 Å². The Morgan fingerprint density at radius 3 is 2.71 bits per heavy atom. The smallest absolute Gasteiger partial charge is 0.137 e. The molecule has 1 fully saturated rings. The van der Waals surface area contributed by atoms with Crippen molar-refractivity contribution in [3.63, 3.8) is 0 Å². The lowest BCUT2D eigenvalue weighted by molar-refractivity contribution is -0.114. The van der Waals surface area contributed by atoms with E-state index in [-0.39, 0.29) is 6.04 Å². The molecule has 0 N–H and O–H groups in total. The van der Waals surface area contributed by atoms with E-state index in [1.165, 1.54) is 11.1 Å². The van der Waals surface area contributed by atoms with E-state index in [9.17, 15) is 4.79 Å². The molecule has 0 aliphatic carbocycles. The van der Waals surface area contributed by atoms with E-state index in [4.69, 9.17) is 4.74 Å². The molecule has 3 heteroatoms. The van der Waals surface area contributed by atoms with Crippen molar-refractivity contribution in [2.24, 2.45) is 0 Å². The second-order valence-electron chi connectivity index (χ2n) is 4.48. The first kappa shape index (κ1) is 12.3. The Bertz CT molecular complexity index is 372. The maximum absolute atomic E-state index is 11.2. The standard InChI is InChI=1S/C14H19NO2/c1-12-4-2-3-5-13(12)10-14(11-16)15-6-8-17-9-7-15/h2-5,11,14H,6-10H2,1H3. The van der Waals surface area contributed by atoms with Crippen molar-refractivity contribution in [2.75, 3.05) is 26.3 Å². The van der Waals surface area contributed by atoms with Gasteiger partial charge in [-0.2, -0.15) is 0 Å². The van der Waals surface area contributed by atoms with Crippen LogP contribution in [0.2, 0.25) is 0 Å². The zero-order valence-electron chi connectivity index (χ0n) is 10.3. The summed E-state index contributed by atoms with van der Waals surface area (Å²) in [6, 6.07) is 8.25. The van der Waals surface area contributed by atoms with Crippen LogP contribution in [-0.2, 0) is 16.0 Å². The number of carbonyl (C=O) groups excluding carboxylic acids is 1. The van der Waals surface area contributed by atoms with Crippen LogP contribution in [0.1, 0.15) is 11.1 Å². The number of hydrogen-bond acceptors (Lipinski definition) is 3. The lowest BCUT2D eigenvalue weighted by Gasteiger charge is -2.31. The normalized spacial score (nSPS) is 18.9. The second kappa shape index (κ2) is 5.94. The zero-order valence-corrected chi connectivity index (χ0v) is 10.3. The minimum Gasteiger partial charge on any atom is -0.379 e. The number of aldehydes is 1. The van der Waals surface area contributed by atoms with E-state index < -0.39 is 0 Å². The topological polar surface area (TPSA) is 29.5 Å². The quantitative estimate of drug-likeness (QED) is 0.737. The summed E-state index contributed by atoms with van der Waals surface area (Å²) in [6.07, 6.45) is 1.87. The van der Waals surface area contributed by atoms with Crippen LogP contribution >= 0.6 is 0 Å². The SMILES string of the molecule is Cc1ccccc1CC(C=O)N1CCOCC1. The van der Waals surface area contributed by atoms with Crippen LogP contribution in [0.3, 0.4) is 0 Å². The number of ether oxygens (including phenoxy) is 1. The Morgan fingerprint density at radius 2 is 2.06 bits per heavy atom. The molecule has 1 aromatic carbocycles. The molecule has 3 nitrogen and oxygen atoms in total. The third-order valence-corrected chi connectivity index (χ3v) is 3.36. The molecule has 92 valence electrons. The summed E-state index contributed by atoms with van der Waals surface area (Å²) < 4.78 is 5.31. The van der Waals surface area contributed by atoms with E-state index in [0.717, 1.165) is 39.0 Å². The number of benzene rings is 1. The van der Waals surface area contributed by atoms with Gasteiger partial charge in [0.25, 0.3) is 0 Å². The molecule has 1 unspecified atom stereocenters. The first-order chi connectivity index (χ1) is 8.31. The summed E-state index contributed by atoms with van der Waals surface area (Å²) in [6.45, 7) is 5.28. The third kappa shape index (κ3) is 3.14. The van der Waals surface area contributed by atoms with Crippen molar-refractivity contribution in [1.82, 2.24) is 4.90 Å². The fourth-order valence-electron chi connectivity index (χ4n) is 2.24. The van der Waals surface area contributed by atoms with E-state index in [0.29, 0.717) is 0 Å². The Balaban J connectivity index is 2.04. The minimum atomic E-state index is -0.0139. The molecule has 1 heterocycles. The summed E-state index contributed by atoms with van der Waals surface area (Å²) in [5.74, 6) is 0. The Morgan fingerprint density at radius 1 is 1.35 bits per heavy atom. The molecule has 1 atom stereocenters. The molecular weight excluding hydrogens is 214 g/mol. The van der Waals surface area contributed by atoms with Gasteiger partial charge >= 0.3 is 0 Å². The van der Waals surface area contributed by atoms with Gasteiger partial charge in [-0.3, -0.25) is 4.90 Å². The van der Waals surface area contributed by atoms with Gasteiger partial charge in [0, 0.05) is 13.1 Å².